The van der Waals surface area contributed by atoms with Crippen molar-refractivity contribution in [3.8, 4) is 0 Å². The summed E-state index contributed by atoms with van der Waals surface area (Å²) in [5.74, 6) is 1.24. The molecule has 4 heteroatoms. The summed E-state index contributed by atoms with van der Waals surface area (Å²) in [4.78, 5) is 25.1. The van der Waals surface area contributed by atoms with E-state index >= 15 is 0 Å². The third kappa shape index (κ3) is 4.31. The van der Waals surface area contributed by atoms with Gasteiger partial charge in [0.15, 0.2) is 0 Å². The molecule has 1 heterocycles. The minimum atomic E-state index is -0.00713. The lowest BCUT2D eigenvalue weighted by atomic mass is 9.85. The van der Waals surface area contributed by atoms with Crippen molar-refractivity contribution in [1.29, 1.82) is 0 Å². The van der Waals surface area contributed by atoms with E-state index in [-0.39, 0.29) is 17.9 Å². The third-order valence-corrected chi connectivity index (χ3v) is 3.65. The second-order valence-corrected chi connectivity index (χ2v) is 5.69. The monoisotopic (exact) mass is 254 g/mol. The average molecular weight is 254 g/mol. The molecule has 0 saturated carbocycles. The zero-order chi connectivity index (χ0) is 13.7. The van der Waals surface area contributed by atoms with Gasteiger partial charge in [0.1, 0.15) is 0 Å². The zero-order valence-electron chi connectivity index (χ0n) is 12.0. The summed E-state index contributed by atoms with van der Waals surface area (Å²) in [5, 5.41) is 2.96. The van der Waals surface area contributed by atoms with Crippen molar-refractivity contribution in [3.05, 3.63) is 0 Å². The Labute approximate surface area is 110 Å². The first-order chi connectivity index (χ1) is 8.43. The highest BCUT2D eigenvalue weighted by atomic mass is 16.2. The minimum Gasteiger partial charge on any atom is -0.352 e. The van der Waals surface area contributed by atoms with Gasteiger partial charge in [0.2, 0.25) is 11.8 Å². The first-order valence-corrected chi connectivity index (χ1v) is 6.98. The van der Waals surface area contributed by atoms with E-state index < -0.39 is 0 Å². The standard InChI is InChI=1S/C14H26N2O2/c1-5-6-14(18)16-8-12(10(2)3)7-13(9-16)15-11(4)17/h10,12-13H,5-9H2,1-4H3,(H,15,17). The van der Waals surface area contributed by atoms with Crippen LogP contribution in [0.3, 0.4) is 0 Å². The second-order valence-electron chi connectivity index (χ2n) is 5.69. The number of nitrogens with zero attached hydrogens (tertiary/aromatic N) is 1. The molecule has 1 N–H and O–H groups in total. The van der Waals surface area contributed by atoms with Gasteiger partial charge >= 0.3 is 0 Å². The molecule has 0 aromatic heterocycles. The molecule has 0 bridgehead atoms. The highest BCUT2D eigenvalue weighted by Crippen LogP contribution is 2.24. The number of rotatable bonds is 4. The number of carbonyl (C=O) groups is 2. The van der Waals surface area contributed by atoms with Crippen LogP contribution in [0.4, 0.5) is 0 Å². The number of piperidine rings is 1. The lowest BCUT2D eigenvalue weighted by Gasteiger charge is -2.39. The number of hydrogen-bond donors (Lipinski definition) is 1. The first-order valence-electron chi connectivity index (χ1n) is 6.98. The third-order valence-electron chi connectivity index (χ3n) is 3.65. The fourth-order valence-electron chi connectivity index (χ4n) is 2.59. The fourth-order valence-corrected chi connectivity index (χ4v) is 2.59. The largest absolute Gasteiger partial charge is 0.352 e. The molecule has 18 heavy (non-hydrogen) atoms. The molecule has 4 nitrogen and oxygen atoms in total. The Morgan fingerprint density at radius 1 is 1.33 bits per heavy atom. The molecule has 0 aromatic carbocycles. The van der Waals surface area contributed by atoms with E-state index in [1.165, 1.54) is 6.92 Å². The number of likely N-dealkylation sites (tertiary alicyclic amines) is 1. The molecule has 2 atom stereocenters. The number of amides is 2. The Bertz CT molecular complexity index is 302. The highest BCUT2D eigenvalue weighted by molar-refractivity contribution is 5.77. The van der Waals surface area contributed by atoms with Crippen molar-refractivity contribution in [1.82, 2.24) is 10.2 Å². The maximum atomic E-state index is 12.0. The molecule has 1 aliphatic heterocycles. The van der Waals surface area contributed by atoms with Crippen molar-refractivity contribution in [2.45, 2.75) is 53.0 Å². The zero-order valence-corrected chi connectivity index (χ0v) is 12.0. The average Bonchev–Trinajstić information content (AvgIpc) is 2.27. The predicted molar refractivity (Wildman–Crippen MR) is 72.0 cm³/mol. The number of hydrogen-bond acceptors (Lipinski definition) is 2. The molecule has 0 aromatic rings. The van der Waals surface area contributed by atoms with Crippen molar-refractivity contribution in [3.63, 3.8) is 0 Å². The van der Waals surface area contributed by atoms with Crippen LogP contribution < -0.4 is 5.32 Å². The lowest BCUT2D eigenvalue weighted by Crippen LogP contribution is -2.53. The van der Waals surface area contributed by atoms with E-state index in [0.717, 1.165) is 19.4 Å². The molecule has 2 amide bonds. The summed E-state index contributed by atoms with van der Waals surface area (Å²) in [7, 11) is 0. The Balaban J connectivity index is 2.67. The predicted octanol–water partition coefficient (Wildman–Crippen LogP) is 1.80. The highest BCUT2D eigenvalue weighted by Gasteiger charge is 2.31. The van der Waals surface area contributed by atoms with E-state index in [2.05, 4.69) is 19.2 Å². The summed E-state index contributed by atoms with van der Waals surface area (Å²) in [6.45, 7) is 9.44. The smallest absolute Gasteiger partial charge is 0.222 e. The van der Waals surface area contributed by atoms with Crippen LogP contribution in [-0.4, -0.2) is 35.8 Å². The summed E-state index contributed by atoms with van der Waals surface area (Å²) in [6.07, 6.45) is 2.47. The first kappa shape index (κ1) is 15.0. The quantitative estimate of drug-likeness (QED) is 0.831. The van der Waals surface area contributed by atoms with Crippen LogP contribution in [0.15, 0.2) is 0 Å². The fraction of sp³-hybridized carbons (Fsp3) is 0.857. The van der Waals surface area contributed by atoms with E-state index in [1.807, 2.05) is 11.8 Å². The Morgan fingerprint density at radius 3 is 2.50 bits per heavy atom. The summed E-state index contributed by atoms with van der Waals surface area (Å²) in [6, 6.07) is 0.115. The van der Waals surface area contributed by atoms with Gasteiger partial charge in [-0.05, 0) is 24.7 Å². The SMILES string of the molecule is CCCC(=O)N1CC(NC(C)=O)CC(C(C)C)C1. The summed E-state index contributed by atoms with van der Waals surface area (Å²) >= 11 is 0. The second kappa shape index (κ2) is 6.76. The van der Waals surface area contributed by atoms with Crippen LogP contribution >= 0.6 is 0 Å². The molecule has 0 aliphatic carbocycles. The van der Waals surface area contributed by atoms with Crippen molar-refractivity contribution < 1.29 is 9.59 Å². The van der Waals surface area contributed by atoms with Gasteiger partial charge in [-0.3, -0.25) is 9.59 Å². The molecule has 104 valence electrons. The minimum absolute atomic E-state index is 0.00713. The summed E-state index contributed by atoms with van der Waals surface area (Å²) in [5.41, 5.74) is 0. The van der Waals surface area contributed by atoms with E-state index in [4.69, 9.17) is 0 Å². The molecular formula is C14H26N2O2. The maximum Gasteiger partial charge on any atom is 0.222 e. The van der Waals surface area contributed by atoms with E-state index in [1.54, 1.807) is 0 Å². The molecule has 1 aliphatic rings. The molecule has 0 radical (unpaired) electrons. The van der Waals surface area contributed by atoms with E-state index in [0.29, 0.717) is 24.8 Å². The molecular weight excluding hydrogens is 228 g/mol. The lowest BCUT2D eigenvalue weighted by molar-refractivity contribution is -0.135. The molecule has 1 saturated heterocycles. The summed E-state index contributed by atoms with van der Waals surface area (Å²) < 4.78 is 0. The van der Waals surface area contributed by atoms with Crippen LogP contribution in [0.2, 0.25) is 0 Å². The molecule has 2 unspecified atom stereocenters. The van der Waals surface area contributed by atoms with Gasteiger partial charge in [-0.25, -0.2) is 0 Å². The van der Waals surface area contributed by atoms with Gasteiger partial charge in [0.05, 0.1) is 0 Å². The Morgan fingerprint density at radius 2 is 2.00 bits per heavy atom. The van der Waals surface area contributed by atoms with Crippen molar-refractivity contribution in [2.24, 2.45) is 11.8 Å². The van der Waals surface area contributed by atoms with Crippen LogP contribution in [0.5, 0.6) is 0 Å². The molecule has 0 spiro atoms. The Hall–Kier alpha value is -1.06. The van der Waals surface area contributed by atoms with Crippen LogP contribution in [0.1, 0.15) is 47.0 Å². The van der Waals surface area contributed by atoms with Crippen molar-refractivity contribution in [2.75, 3.05) is 13.1 Å². The van der Waals surface area contributed by atoms with Gasteiger partial charge in [0, 0.05) is 32.5 Å². The number of nitrogens with one attached hydrogen (secondary N) is 1. The van der Waals surface area contributed by atoms with Gasteiger partial charge < -0.3 is 10.2 Å². The normalized spacial score (nSPS) is 24.2. The van der Waals surface area contributed by atoms with E-state index in [9.17, 15) is 9.59 Å². The maximum absolute atomic E-state index is 12.0. The Kier molecular flexibility index (Phi) is 5.63. The van der Waals surface area contributed by atoms with Gasteiger partial charge in [-0.1, -0.05) is 20.8 Å². The molecule has 1 fully saturated rings. The van der Waals surface area contributed by atoms with Crippen LogP contribution in [-0.2, 0) is 9.59 Å². The van der Waals surface area contributed by atoms with Gasteiger partial charge in [-0.2, -0.15) is 0 Å². The van der Waals surface area contributed by atoms with Gasteiger partial charge in [-0.15, -0.1) is 0 Å². The van der Waals surface area contributed by atoms with Gasteiger partial charge in [0.25, 0.3) is 0 Å². The van der Waals surface area contributed by atoms with Crippen molar-refractivity contribution >= 4 is 11.8 Å². The topological polar surface area (TPSA) is 49.4 Å². The van der Waals surface area contributed by atoms with Crippen LogP contribution in [0, 0.1) is 11.8 Å². The number of carbonyl (C=O) groups excluding carboxylic acids is 2. The molecule has 1 rings (SSSR count). The van der Waals surface area contributed by atoms with Crippen LogP contribution in [0.25, 0.3) is 0 Å².